The molecule has 3 atom stereocenters. The number of aliphatic hydroxyl groups excluding tert-OH is 1. The molecule has 3 amide bonds. The molecule has 1 rings (SSSR count). The zero-order chi connectivity index (χ0) is 13.7. The summed E-state index contributed by atoms with van der Waals surface area (Å²) in [6, 6.07) is -2.18. The summed E-state index contributed by atoms with van der Waals surface area (Å²) < 4.78 is 0. The van der Waals surface area contributed by atoms with Crippen molar-refractivity contribution in [2.24, 2.45) is 0 Å². The molecular formula is C10H17N3O5. The van der Waals surface area contributed by atoms with Gasteiger partial charge in [0.25, 0.3) is 0 Å². The summed E-state index contributed by atoms with van der Waals surface area (Å²) in [5.74, 6) is -1.37. The summed E-state index contributed by atoms with van der Waals surface area (Å²) in [6.07, 6.45) is -0.128. The molecule has 8 nitrogen and oxygen atoms in total. The van der Waals surface area contributed by atoms with Gasteiger partial charge in [0.1, 0.15) is 0 Å². The zero-order valence-electron chi connectivity index (χ0n) is 9.97. The van der Waals surface area contributed by atoms with Crippen LogP contribution in [-0.2, 0) is 9.59 Å². The molecule has 0 saturated carbocycles. The topological polar surface area (TPSA) is 128 Å². The third kappa shape index (κ3) is 4.21. The van der Waals surface area contributed by atoms with Gasteiger partial charge in [-0.05, 0) is 13.3 Å². The highest BCUT2D eigenvalue weighted by atomic mass is 16.4. The van der Waals surface area contributed by atoms with Crippen LogP contribution in [0.3, 0.4) is 0 Å². The number of carboxylic acids is 1. The number of aliphatic carboxylic acids is 1. The summed E-state index contributed by atoms with van der Waals surface area (Å²) in [6.45, 7) is 1.50. The van der Waals surface area contributed by atoms with E-state index in [2.05, 4.69) is 16.0 Å². The molecule has 0 aliphatic carbocycles. The van der Waals surface area contributed by atoms with Crippen LogP contribution in [0, 0.1) is 0 Å². The quantitative estimate of drug-likeness (QED) is 0.406. The molecule has 8 heteroatoms. The smallest absolute Gasteiger partial charge is 0.328 e. The van der Waals surface area contributed by atoms with E-state index in [0.717, 1.165) is 0 Å². The molecule has 1 fully saturated rings. The zero-order valence-corrected chi connectivity index (χ0v) is 9.97. The highest BCUT2D eigenvalue weighted by Crippen LogP contribution is 2.04. The van der Waals surface area contributed by atoms with Gasteiger partial charge in [-0.25, -0.2) is 9.59 Å². The van der Waals surface area contributed by atoms with Crippen LogP contribution in [0.4, 0.5) is 4.79 Å². The summed E-state index contributed by atoms with van der Waals surface area (Å²) in [4.78, 5) is 33.0. The number of hydrogen-bond acceptors (Lipinski definition) is 4. The Bertz CT molecular complexity index is 344. The van der Waals surface area contributed by atoms with E-state index in [4.69, 9.17) is 10.2 Å². The van der Waals surface area contributed by atoms with E-state index in [1.807, 2.05) is 0 Å². The van der Waals surface area contributed by atoms with E-state index < -0.39 is 24.1 Å². The standard InChI is InChI=1S/C10H17N3O5/c1-5(14)8(9(16)17)13-10(18)11-4-6-2-3-7(15)12-6/h5-6,8,14H,2-4H2,1H3,(H,12,15)(H,16,17)(H2,11,13,18)/t5-,6?,8+/m1/s1. The Hall–Kier alpha value is -1.83. The number of rotatable bonds is 5. The third-order valence-corrected chi connectivity index (χ3v) is 2.63. The number of hydrogen-bond donors (Lipinski definition) is 5. The fraction of sp³-hybridized carbons (Fsp3) is 0.700. The van der Waals surface area contributed by atoms with Crippen molar-refractivity contribution >= 4 is 17.9 Å². The fourth-order valence-electron chi connectivity index (χ4n) is 1.63. The first-order valence-corrected chi connectivity index (χ1v) is 5.64. The van der Waals surface area contributed by atoms with Gasteiger partial charge in [-0.3, -0.25) is 4.79 Å². The van der Waals surface area contributed by atoms with Gasteiger partial charge in [-0.1, -0.05) is 0 Å². The molecule has 1 saturated heterocycles. The normalized spacial score (nSPS) is 21.9. The van der Waals surface area contributed by atoms with Crippen LogP contribution in [0.25, 0.3) is 0 Å². The van der Waals surface area contributed by atoms with Crippen molar-refractivity contribution in [3.63, 3.8) is 0 Å². The van der Waals surface area contributed by atoms with E-state index in [-0.39, 0.29) is 18.5 Å². The number of carbonyl (C=O) groups excluding carboxylic acids is 2. The second-order valence-electron chi connectivity index (χ2n) is 4.21. The van der Waals surface area contributed by atoms with Gasteiger partial charge in [-0.15, -0.1) is 0 Å². The molecule has 18 heavy (non-hydrogen) atoms. The van der Waals surface area contributed by atoms with Crippen LogP contribution in [0.1, 0.15) is 19.8 Å². The van der Waals surface area contributed by atoms with Gasteiger partial charge < -0.3 is 26.2 Å². The van der Waals surface area contributed by atoms with E-state index in [9.17, 15) is 14.4 Å². The van der Waals surface area contributed by atoms with Crippen molar-refractivity contribution in [3.05, 3.63) is 0 Å². The predicted octanol–water partition coefficient (Wildman–Crippen LogP) is -1.60. The Kier molecular flexibility index (Phi) is 4.90. The van der Waals surface area contributed by atoms with E-state index in [1.165, 1.54) is 6.92 Å². The van der Waals surface area contributed by atoms with Gasteiger partial charge in [0, 0.05) is 19.0 Å². The maximum Gasteiger partial charge on any atom is 0.328 e. The van der Waals surface area contributed by atoms with Crippen LogP contribution >= 0.6 is 0 Å². The lowest BCUT2D eigenvalue weighted by molar-refractivity contribution is -0.141. The average Bonchev–Trinajstić information content (AvgIpc) is 2.68. The van der Waals surface area contributed by atoms with E-state index in [0.29, 0.717) is 12.8 Å². The third-order valence-electron chi connectivity index (χ3n) is 2.63. The molecule has 0 bridgehead atoms. The highest BCUT2D eigenvalue weighted by molar-refractivity contribution is 5.83. The van der Waals surface area contributed by atoms with E-state index in [1.54, 1.807) is 0 Å². The minimum absolute atomic E-state index is 0.0606. The fourth-order valence-corrected chi connectivity index (χ4v) is 1.63. The summed E-state index contributed by atoms with van der Waals surface area (Å²) in [5.41, 5.74) is 0. The van der Waals surface area contributed by atoms with Crippen molar-refractivity contribution in [2.45, 2.75) is 38.0 Å². The molecule has 0 aromatic carbocycles. The number of aliphatic hydroxyl groups is 1. The molecule has 5 N–H and O–H groups in total. The Labute approximate surface area is 104 Å². The molecule has 0 aromatic rings. The number of carboxylic acid groups (broad SMARTS) is 1. The second-order valence-corrected chi connectivity index (χ2v) is 4.21. The first-order valence-electron chi connectivity index (χ1n) is 5.64. The van der Waals surface area contributed by atoms with Crippen LogP contribution in [0.5, 0.6) is 0 Å². The monoisotopic (exact) mass is 259 g/mol. The number of amides is 3. The van der Waals surface area contributed by atoms with Crippen LogP contribution in [-0.4, -0.2) is 52.9 Å². The highest BCUT2D eigenvalue weighted by Gasteiger charge is 2.26. The molecule has 1 aliphatic heterocycles. The van der Waals surface area contributed by atoms with Crippen molar-refractivity contribution in [3.8, 4) is 0 Å². The van der Waals surface area contributed by atoms with Crippen LogP contribution < -0.4 is 16.0 Å². The van der Waals surface area contributed by atoms with Crippen LogP contribution in [0.2, 0.25) is 0 Å². The molecule has 0 radical (unpaired) electrons. The Morgan fingerprint density at radius 3 is 2.67 bits per heavy atom. The Morgan fingerprint density at radius 1 is 1.56 bits per heavy atom. The maximum atomic E-state index is 11.4. The summed E-state index contributed by atoms with van der Waals surface area (Å²) in [7, 11) is 0. The number of urea groups is 1. The van der Waals surface area contributed by atoms with Gasteiger partial charge in [0.05, 0.1) is 6.10 Å². The van der Waals surface area contributed by atoms with Gasteiger partial charge in [0.2, 0.25) is 5.91 Å². The van der Waals surface area contributed by atoms with Crippen LogP contribution in [0.15, 0.2) is 0 Å². The molecule has 1 unspecified atom stereocenters. The SMILES string of the molecule is C[C@@H](O)[C@H](NC(=O)NCC1CCC(=O)N1)C(=O)O. The van der Waals surface area contributed by atoms with Crippen molar-refractivity contribution in [1.29, 1.82) is 0 Å². The maximum absolute atomic E-state index is 11.4. The molecule has 0 aromatic heterocycles. The first kappa shape index (κ1) is 14.2. The Balaban J connectivity index is 2.32. The lowest BCUT2D eigenvalue weighted by Crippen LogP contribution is -2.52. The summed E-state index contributed by atoms with van der Waals surface area (Å²) in [5, 5.41) is 25.2. The van der Waals surface area contributed by atoms with E-state index >= 15 is 0 Å². The van der Waals surface area contributed by atoms with Gasteiger partial charge >= 0.3 is 12.0 Å². The molecular weight excluding hydrogens is 242 g/mol. The Morgan fingerprint density at radius 2 is 2.22 bits per heavy atom. The lowest BCUT2D eigenvalue weighted by atomic mass is 10.2. The summed E-state index contributed by atoms with van der Waals surface area (Å²) >= 11 is 0. The average molecular weight is 259 g/mol. The number of carbonyl (C=O) groups is 3. The molecule has 102 valence electrons. The first-order chi connectivity index (χ1) is 8.40. The second kappa shape index (κ2) is 6.20. The minimum Gasteiger partial charge on any atom is -0.480 e. The number of nitrogens with one attached hydrogen (secondary N) is 3. The minimum atomic E-state index is -1.36. The largest absolute Gasteiger partial charge is 0.480 e. The van der Waals surface area contributed by atoms with Gasteiger partial charge in [0.15, 0.2) is 6.04 Å². The van der Waals surface area contributed by atoms with Crippen molar-refractivity contribution in [1.82, 2.24) is 16.0 Å². The predicted molar refractivity (Wildman–Crippen MR) is 60.8 cm³/mol. The van der Waals surface area contributed by atoms with Crippen molar-refractivity contribution in [2.75, 3.05) is 6.54 Å². The lowest BCUT2D eigenvalue weighted by Gasteiger charge is -2.18. The molecule has 1 aliphatic rings. The van der Waals surface area contributed by atoms with Crippen molar-refractivity contribution < 1.29 is 24.6 Å². The molecule has 1 heterocycles. The van der Waals surface area contributed by atoms with Gasteiger partial charge in [-0.2, -0.15) is 0 Å². The molecule has 0 spiro atoms.